The molecule has 28 heavy (non-hydrogen) atoms. The van der Waals surface area contributed by atoms with Crippen LogP contribution in [0.3, 0.4) is 0 Å². The van der Waals surface area contributed by atoms with E-state index in [0.717, 1.165) is 17.7 Å². The minimum Gasteiger partial charge on any atom is -0.493 e. The Balaban J connectivity index is 1.52. The number of benzene rings is 2. The lowest BCUT2D eigenvalue weighted by molar-refractivity contribution is -0.0512. The molecule has 0 fully saturated rings. The summed E-state index contributed by atoms with van der Waals surface area (Å²) in [5, 5.41) is 6.37. The maximum atomic E-state index is 12.5. The SMILES string of the molecule is CN=C(NCc1ccc(OC)c(OC(F)F)c1)NCC1Cc2ccccc2O1. The molecule has 0 aliphatic carbocycles. The van der Waals surface area contributed by atoms with Gasteiger partial charge in [0.1, 0.15) is 11.9 Å². The first-order chi connectivity index (χ1) is 13.6. The van der Waals surface area contributed by atoms with Crippen molar-refractivity contribution in [2.75, 3.05) is 20.7 Å². The van der Waals surface area contributed by atoms with Gasteiger partial charge in [-0.1, -0.05) is 24.3 Å². The third kappa shape index (κ3) is 5.03. The molecule has 1 aliphatic rings. The molecular weight excluding hydrogens is 368 g/mol. The molecule has 6 nitrogen and oxygen atoms in total. The van der Waals surface area contributed by atoms with Crippen LogP contribution in [0.25, 0.3) is 0 Å². The van der Waals surface area contributed by atoms with Crippen molar-refractivity contribution in [3.05, 3.63) is 53.6 Å². The molecule has 0 spiro atoms. The second-order valence-electron chi connectivity index (χ2n) is 6.22. The number of alkyl halides is 2. The molecule has 0 amide bonds. The number of para-hydroxylation sites is 1. The number of ether oxygens (including phenoxy) is 3. The molecule has 3 rings (SSSR count). The Bertz CT molecular complexity index is 805. The first-order valence-electron chi connectivity index (χ1n) is 8.90. The van der Waals surface area contributed by atoms with Gasteiger partial charge in [0.15, 0.2) is 17.5 Å². The van der Waals surface area contributed by atoms with Crippen molar-refractivity contribution < 1.29 is 23.0 Å². The maximum Gasteiger partial charge on any atom is 0.387 e. The molecule has 150 valence electrons. The first-order valence-corrected chi connectivity index (χ1v) is 8.90. The lowest BCUT2D eigenvalue weighted by Gasteiger charge is -2.16. The molecule has 0 saturated carbocycles. The molecule has 8 heteroatoms. The molecule has 2 N–H and O–H groups in total. The Morgan fingerprint density at radius 1 is 1.21 bits per heavy atom. The average Bonchev–Trinajstić information content (AvgIpc) is 3.11. The van der Waals surface area contributed by atoms with Crippen LogP contribution in [-0.4, -0.2) is 39.4 Å². The highest BCUT2D eigenvalue weighted by Gasteiger charge is 2.22. The van der Waals surface area contributed by atoms with E-state index in [1.165, 1.54) is 18.7 Å². The van der Waals surface area contributed by atoms with Crippen molar-refractivity contribution in [3.8, 4) is 17.2 Å². The summed E-state index contributed by atoms with van der Waals surface area (Å²) in [6, 6.07) is 12.9. The van der Waals surface area contributed by atoms with Gasteiger partial charge in [-0.15, -0.1) is 0 Å². The molecule has 1 unspecified atom stereocenters. The van der Waals surface area contributed by atoms with Gasteiger partial charge in [0, 0.05) is 20.0 Å². The summed E-state index contributed by atoms with van der Waals surface area (Å²) in [6.45, 7) is -1.94. The summed E-state index contributed by atoms with van der Waals surface area (Å²) < 4.78 is 40.5. The monoisotopic (exact) mass is 391 g/mol. The third-order valence-electron chi connectivity index (χ3n) is 4.34. The number of fused-ring (bicyclic) bond motifs is 1. The Kier molecular flexibility index (Phi) is 6.52. The first kappa shape index (κ1) is 19.7. The Labute approximate surface area is 162 Å². The van der Waals surface area contributed by atoms with Crippen molar-refractivity contribution in [2.45, 2.75) is 25.7 Å². The second kappa shape index (κ2) is 9.25. The normalized spacial score (nSPS) is 15.8. The molecular formula is C20H23F2N3O3. The summed E-state index contributed by atoms with van der Waals surface area (Å²) in [5.41, 5.74) is 1.95. The number of hydrogen-bond acceptors (Lipinski definition) is 4. The number of nitrogens with one attached hydrogen (secondary N) is 2. The predicted octanol–water partition coefficient (Wildman–Crippen LogP) is 2.97. The fraction of sp³-hybridized carbons (Fsp3) is 0.350. The van der Waals surface area contributed by atoms with Crippen LogP contribution in [0.5, 0.6) is 17.2 Å². The lowest BCUT2D eigenvalue weighted by atomic mass is 10.1. The zero-order chi connectivity index (χ0) is 19.9. The van der Waals surface area contributed by atoms with Crippen LogP contribution in [0, 0.1) is 0 Å². The molecule has 2 aromatic carbocycles. The van der Waals surface area contributed by atoms with Crippen molar-refractivity contribution in [3.63, 3.8) is 0 Å². The fourth-order valence-electron chi connectivity index (χ4n) is 3.00. The third-order valence-corrected chi connectivity index (χ3v) is 4.34. The van der Waals surface area contributed by atoms with E-state index in [9.17, 15) is 8.78 Å². The summed E-state index contributed by atoms with van der Waals surface area (Å²) in [4.78, 5) is 4.18. The minimum atomic E-state index is -2.91. The van der Waals surface area contributed by atoms with Gasteiger partial charge in [-0.25, -0.2) is 0 Å². The summed E-state index contributed by atoms with van der Waals surface area (Å²) >= 11 is 0. The summed E-state index contributed by atoms with van der Waals surface area (Å²) in [6.07, 6.45) is 0.871. The second-order valence-corrected chi connectivity index (χ2v) is 6.22. The molecule has 1 heterocycles. The van der Waals surface area contributed by atoms with Gasteiger partial charge in [-0.05, 0) is 29.3 Å². The van der Waals surface area contributed by atoms with Gasteiger partial charge in [-0.2, -0.15) is 8.78 Å². The molecule has 1 atom stereocenters. The van der Waals surface area contributed by atoms with Crippen molar-refractivity contribution in [1.29, 1.82) is 0 Å². The van der Waals surface area contributed by atoms with E-state index in [2.05, 4.69) is 26.4 Å². The Morgan fingerprint density at radius 2 is 2.04 bits per heavy atom. The number of halogens is 2. The van der Waals surface area contributed by atoms with Gasteiger partial charge in [0.2, 0.25) is 0 Å². The van der Waals surface area contributed by atoms with Crippen LogP contribution in [0.4, 0.5) is 8.78 Å². The van der Waals surface area contributed by atoms with Crippen molar-refractivity contribution in [2.24, 2.45) is 4.99 Å². The van der Waals surface area contributed by atoms with E-state index in [-0.39, 0.29) is 17.6 Å². The van der Waals surface area contributed by atoms with Crippen molar-refractivity contribution in [1.82, 2.24) is 10.6 Å². The highest BCUT2D eigenvalue weighted by Crippen LogP contribution is 2.29. The highest BCUT2D eigenvalue weighted by atomic mass is 19.3. The van der Waals surface area contributed by atoms with Crippen LogP contribution in [-0.2, 0) is 13.0 Å². The summed E-state index contributed by atoms with van der Waals surface area (Å²) in [7, 11) is 3.07. The number of hydrogen-bond donors (Lipinski definition) is 2. The van der Waals surface area contributed by atoms with Crippen LogP contribution >= 0.6 is 0 Å². The quantitative estimate of drug-likeness (QED) is 0.561. The number of nitrogens with zero attached hydrogens (tertiary/aromatic N) is 1. The van der Waals surface area contributed by atoms with Gasteiger partial charge in [0.05, 0.1) is 13.7 Å². The van der Waals surface area contributed by atoms with E-state index in [0.29, 0.717) is 19.0 Å². The zero-order valence-corrected chi connectivity index (χ0v) is 15.7. The van der Waals surface area contributed by atoms with Gasteiger partial charge in [-0.3, -0.25) is 4.99 Å². The molecule has 0 radical (unpaired) electrons. The van der Waals surface area contributed by atoms with E-state index < -0.39 is 6.61 Å². The van der Waals surface area contributed by atoms with Crippen molar-refractivity contribution >= 4 is 5.96 Å². The molecule has 0 saturated heterocycles. The van der Waals surface area contributed by atoms with E-state index in [1.807, 2.05) is 18.2 Å². The standard InChI is InChI=1S/C20H23F2N3O3/c1-23-20(25-12-15-10-14-5-3-4-6-16(14)27-15)24-11-13-7-8-17(26-2)18(9-13)28-19(21)22/h3-9,15,19H,10-12H2,1-2H3,(H2,23,24,25). The summed E-state index contributed by atoms with van der Waals surface area (Å²) in [5.74, 6) is 1.76. The van der Waals surface area contributed by atoms with E-state index in [1.54, 1.807) is 19.2 Å². The predicted molar refractivity (Wildman–Crippen MR) is 102 cm³/mol. The molecule has 0 aromatic heterocycles. The van der Waals surface area contributed by atoms with Gasteiger partial charge in [0.25, 0.3) is 0 Å². The Morgan fingerprint density at radius 3 is 2.75 bits per heavy atom. The van der Waals surface area contributed by atoms with Gasteiger partial charge >= 0.3 is 6.61 Å². The number of guanidine groups is 1. The minimum absolute atomic E-state index is 0.00290. The fourth-order valence-corrected chi connectivity index (χ4v) is 3.00. The lowest BCUT2D eigenvalue weighted by Crippen LogP contribution is -2.41. The van der Waals surface area contributed by atoms with Crippen LogP contribution in [0.15, 0.2) is 47.5 Å². The maximum absolute atomic E-state index is 12.5. The molecule has 1 aliphatic heterocycles. The Hall–Kier alpha value is -3.03. The van der Waals surface area contributed by atoms with E-state index >= 15 is 0 Å². The largest absolute Gasteiger partial charge is 0.493 e. The van der Waals surface area contributed by atoms with Crippen LogP contribution < -0.4 is 24.8 Å². The number of rotatable bonds is 7. The number of aliphatic imine (C=N–C) groups is 1. The van der Waals surface area contributed by atoms with Crippen LogP contribution in [0.2, 0.25) is 0 Å². The smallest absolute Gasteiger partial charge is 0.387 e. The van der Waals surface area contributed by atoms with Gasteiger partial charge < -0.3 is 24.8 Å². The topological polar surface area (TPSA) is 64.1 Å². The van der Waals surface area contributed by atoms with Crippen LogP contribution in [0.1, 0.15) is 11.1 Å². The zero-order valence-electron chi connectivity index (χ0n) is 15.7. The highest BCUT2D eigenvalue weighted by molar-refractivity contribution is 5.79. The average molecular weight is 391 g/mol. The van der Waals surface area contributed by atoms with E-state index in [4.69, 9.17) is 9.47 Å². The molecule has 0 bridgehead atoms. The number of methoxy groups -OCH3 is 1. The molecule has 2 aromatic rings.